The standard InChI is InChI=1S/C20H22N2O3S/c1-26(25)16-11-9-15(10-12-16)19(23)21-18-8-4-3-7-17(18)20(24)22-13-5-2-6-14-22/h3-4,7-12H,2,5-6,13-14H2,1H3,(H,21,23). The molecule has 0 aliphatic carbocycles. The minimum absolute atomic E-state index is 0.0441. The minimum atomic E-state index is -1.08. The Balaban J connectivity index is 1.78. The number of hydrogen-bond donors (Lipinski definition) is 1. The van der Waals surface area contributed by atoms with Crippen LogP contribution in [0.4, 0.5) is 5.69 Å². The van der Waals surface area contributed by atoms with Gasteiger partial charge >= 0.3 is 0 Å². The van der Waals surface area contributed by atoms with E-state index in [1.807, 2.05) is 4.90 Å². The molecule has 136 valence electrons. The van der Waals surface area contributed by atoms with Crippen LogP contribution < -0.4 is 5.32 Å². The largest absolute Gasteiger partial charge is 0.339 e. The topological polar surface area (TPSA) is 66.5 Å². The number of nitrogens with one attached hydrogen (secondary N) is 1. The molecule has 1 saturated heterocycles. The number of carbonyl (C=O) groups excluding carboxylic acids is 2. The summed E-state index contributed by atoms with van der Waals surface area (Å²) in [5.74, 6) is -0.338. The second-order valence-electron chi connectivity index (χ2n) is 6.33. The van der Waals surface area contributed by atoms with E-state index in [4.69, 9.17) is 0 Å². The van der Waals surface area contributed by atoms with Crippen molar-refractivity contribution in [3.05, 3.63) is 59.7 Å². The highest BCUT2D eigenvalue weighted by Crippen LogP contribution is 2.21. The molecule has 2 aromatic carbocycles. The number of rotatable bonds is 4. The number of carbonyl (C=O) groups is 2. The van der Waals surface area contributed by atoms with E-state index < -0.39 is 10.8 Å². The Kier molecular flexibility index (Phi) is 5.83. The summed E-state index contributed by atoms with van der Waals surface area (Å²) in [5.41, 5.74) is 1.48. The lowest BCUT2D eigenvalue weighted by Gasteiger charge is -2.27. The lowest BCUT2D eigenvalue weighted by Crippen LogP contribution is -2.36. The third-order valence-corrected chi connectivity index (χ3v) is 5.43. The first-order valence-corrected chi connectivity index (χ1v) is 10.3. The molecule has 2 aromatic rings. The number of amides is 2. The summed E-state index contributed by atoms with van der Waals surface area (Å²) in [7, 11) is -1.08. The van der Waals surface area contributed by atoms with Crippen molar-refractivity contribution in [2.24, 2.45) is 0 Å². The maximum absolute atomic E-state index is 12.8. The monoisotopic (exact) mass is 370 g/mol. The zero-order valence-electron chi connectivity index (χ0n) is 14.7. The molecule has 1 atom stereocenters. The van der Waals surface area contributed by atoms with Crippen molar-refractivity contribution < 1.29 is 13.8 Å². The second-order valence-corrected chi connectivity index (χ2v) is 7.71. The average Bonchev–Trinajstić information content (AvgIpc) is 2.68. The number of nitrogens with zero attached hydrogens (tertiary/aromatic N) is 1. The highest BCUT2D eigenvalue weighted by atomic mass is 32.2. The van der Waals surface area contributed by atoms with Crippen molar-refractivity contribution in [2.75, 3.05) is 24.7 Å². The summed E-state index contributed by atoms with van der Waals surface area (Å²) in [6, 6.07) is 13.7. The van der Waals surface area contributed by atoms with Crippen LogP contribution in [0.5, 0.6) is 0 Å². The second kappa shape index (κ2) is 8.27. The Hall–Kier alpha value is -2.47. The Morgan fingerprint density at radius 2 is 1.62 bits per heavy atom. The van der Waals surface area contributed by atoms with Crippen molar-refractivity contribution in [1.29, 1.82) is 0 Å². The zero-order valence-corrected chi connectivity index (χ0v) is 15.6. The van der Waals surface area contributed by atoms with E-state index in [1.54, 1.807) is 54.8 Å². The van der Waals surface area contributed by atoms with Gasteiger partial charge < -0.3 is 10.2 Å². The summed E-state index contributed by atoms with van der Waals surface area (Å²) < 4.78 is 11.5. The van der Waals surface area contributed by atoms with Crippen LogP contribution in [-0.2, 0) is 10.8 Å². The molecule has 0 spiro atoms. The number of benzene rings is 2. The van der Waals surface area contributed by atoms with Crippen LogP contribution >= 0.6 is 0 Å². The van der Waals surface area contributed by atoms with Gasteiger partial charge in [0.25, 0.3) is 11.8 Å². The van der Waals surface area contributed by atoms with Gasteiger partial charge in [-0.25, -0.2) is 0 Å². The summed E-state index contributed by atoms with van der Waals surface area (Å²) >= 11 is 0. The van der Waals surface area contributed by atoms with Crippen molar-refractivity contribution >= 4 is 28.3 Å². The van der Waals surface area contributed by atoms with E-state index >= 15 is 0 Å². The highest BCUT2D eigenvalue weighted by Gasteiger charge is 2.21. The van der Waals surface area contributed by atoms with Gasteiger partial charge in [0.2, 0.25) is 0 Å². The third-order valence-electron chi connectivity index (χ3n) is 4.50. The molecule has 3 rings (SSSR count). The van der Waals surface area contributed by atoms with Gasteiger partial charge in [0.05, 0.1) is 11.3 Å². The molecule has 0 bridgehead atoms. The maximum Gasteiger partial charge on any atom is 0.255 e. The summed E-state index contributed by atoms with van der Waals surface area (Å²) in [6.45, 7) is 1.52. The molecule has 1 fully saturated rings. The molecule has 0 saturated carbocycles. The van der Waals surface area contributed by atoms with E-state index in [1.165, 1.54) is 0 Å². The SMILES string of the molecule is CS(=O)c1ccc(C(=O)Nc2ccccc2C(=O)N2CCCCC2)cc1. The van der Waals surface area contributed by atoms with Gasteiger partial charge in [-0.2, -0.15) is 0 Å². The molecule has 2 amide bonds. The van der Waals surface area contributed by atoms with Crippen LogP contribution in [0.3, 0.4) is 0 Å². The number of para-hydroxylation sites is 1. The number of likely N-dealkylation sites (tertiary alicyclic amines) is 1. The lowest BCUT2D eigenvalue weighted by atomic mass is 10.1. The normalized spacial score (nSPS) is 15.3. The molecule has 6 heteroatoms. The lowest BCUT2D eigenvalue weighted by molar-refractivity contribution is 0.0725. The molecule has 26 heavy (non-hydrogen) atoms. The van der Waals surface area contributed by atoms with Gasteiger partial charge in [-0.1, -0.05) is 12.1 Å². The van der Waals surface area contributed by atoms with Crippen LogP contribution in [0.25, 0.3) is 0 Å². The van der Waals surface area contributed by atoms with Crippen molar-refractivity contribution in [2.45, 2.75) is 24.2 Å². The Bertz CT molecular complexity index is 827. The van der Waals surface area contributed by atoms with Crippen LogP contribution in [0.15, 0.2) is 53.4 Å². The fourth-order valence-corrected chi connectivity index (χ4v) is 3.56. The Morgan fingerprint density at radius 3 is 2.27 bits per heavy atom. The first-order chi connectivity index (χ1) is 12.6. The van der Waals surface area contributed by atoms with Gasteiger partial charge in [-0.05, 0) is 55.7 Å². The average molecular weight is 370 g/mol. The predicted octanol–water partition coefficient (Wildman–Crippen LogP) is 3.30. The van der Waals surface area contributed by atoms with Crippen LogP contribution in [0.1, 0.15) is 40.0 Å². The molecule has 1 N–H and O–H groups in total. The quantitative estimate of drug-likeness (QED) is 0.898. The van der Waals surface area contributed by atoms with Crippen molar-refractivity contribution in [3.8, 4) is 0 Å². The molecule has 0 aromatic heterocycles. The van der Waals surface area contributed by atoms with Gasteiger partial charge in [-0.15, -0.1) is 0 Å². The van der Waals surface area contributed by atoms with Crippen molar-refractivity contribution in [3.63, 3.8) is 0 Å². The molecule has 1 aliphatic heterocycles. The van der Waals surface area contributed by atoms with E-state index in [9.17, 15) is 13.8 Å². The number of piperidine rings is 1. The molecule has 5 nitrogen and oxygen atoms in total. The summed E-state index contributed by atoms with van der Waals surface area (Å²) in [4.78, 5) is 27.8. The molecular weight excluding hydrogens is 348 g/mol. The Labute approximate surface area is 155 Å². The fraction of sp³-hybridized carbons (Fsp3) is 0.300. The van der Waals surface area contributed by atoms with Gasteiger partial charge in [0.15, 0.2) is 0 Å². The molecule has 1 unspecified atom stereocenters. The van der Waals surface area contributed by atoms with Gasteiger partial charge in [-0.3, -0.25) is 13.8 Å². The van der Waals surface area contributed by atoms with E-state index in [-0.39, 0.29) is 11.8 Å². The predicted molar refractivity (Wildman–Crippen MR) is 103 cm³/mol. The van der Waals surface area contributed by atoms with Crippen molar-refractivity contribution in [1.82, 2.24) is 4.90 Å². The minimum Gasteiger partial charge on any atom is -0.339 e. The van der Waals surface area contributed by atoms with E-state index in [0.717, 1.165) is 32.4 Å². The number of anilines is 1. The molecule has 1 heterocycles. The first-order valence-electron chi connectivity index (χ1n) is 8.69. The maximum atomic E-state index is 12.8. The number of hydrogen-bond acceptors (Lipinski definition) is 3. The van der Waals surface area contributed by atoms with Crippen LogP contribution in [0.2, 0.25) is 0 Å². The smallest absolute Gasteiger partial charge is 0.255 e. The Morgan fingerprint density at radius 1 is 0.962 bits per heavy atom. The molecular formula is C20H22N2O3S. The van der Waals surface area contributed by atoms with Crippen LogP contribution in [-0.4, -0.2) is 40.3 Å². The summed E-state index contributed by atoms with van der Waals surface area (Å²) in [5, 5.41) is 2.83. The highest BCUT2D eigenvalue weighted by molar-refractivity contribution is 7.84. The third kappa shape index (κ3) is 4.19. The molecule has 1 aliphatic rings. The zero-order chi connectivity index (χ0) is 18.5. The van der Waals surface area contributed by atoms with Gasteiger partial charge in [0.1, 0.15) is 0 Å². The first kappa shape index (κ1) is 18.3. The van der Waals surface area contributed by atoms with E-state index in [2.05, 4.69) is 5.32 Å². The van der Waals surface area contributed by atoms with E-state index in [0.29, 0.717) is 21.7 Å². The van der Waals surface area contributed by atoms with Gasteiger partial charge in [0, 0.05) is 40.6 Å². The fourth-order valence-electron chi connectivity index (χ4n) is 3.04. The summed E-state index contributed by atoms with van der Waals surface area (Å²) in [6.07, 6.45) is 4.79. The van der Waals surface area contributed by atoms with Crippen LogP contribution in [0, 0.1) is 0 Å². The molecule has 0 radical (unpaired) electrons.